The Bertz CT molecular complexity index is 1470. The van der Waals surface area contributed by atoms with E-state index < -0.39 is 9.84 Å². The molecule has 0 unspecified atom stereocenters. The maximum absolute atomic E-state index is 13.3. The fraction of sp³-hybridized carbons (Fsp3) is 0.115. The maximum Gasteiger partial charge on any atom is 0.175 e. The van der Waals surface area contributed by atoms with Crippen molar-refractivity contribution < 1.29 is 12.8 Å². The molecule has 0 aliphatic rings. The normalized spacial score (nSPS) is 12.1. The van der Waals surface area contributed by atoms with Crippen LogP contribution < -0.4 is 0 Å². The third kappa shape index (κ3) is 4.48. The molecule has 0 saturated carbocycles. The third-order valence-electron chi connectivity index (χ3n) is 5.36. The van der Waals surface area contributed by atoms with Crippen molar-refractivity contribution in [2.24, 2.45) is 0 Å². The molecular formula is C26H21FN2O2S. The lowest BCUT2D eigenvalue weighted by atomic mass is 10.0. The summed E-state index contributed by atoms with van der Waals surface area (Å²) in [5, 5.41) is 10.6. The number of allylic oxidation sites excluding steroid dienone is 1. The summed E-state index contributed by atoms with van der Waals surface area (Å²) in [6.45, 7) is 2.42. The highest BCUT2D eigenvalue weighted by atomic mass is 32.2. The van der Waals surface area contributed by atoms with Gasteiger partial charge in [0.25, 0.3) is 0 Å². The van der Waals surface area contributed by atoms with Crippen molar-refractivity contribution in [2.75, 3.05) is 6.26 Å². The summed E-state index contributed by atoms with van der Waals surface area (Å²) in [6.07, 6.45) is 4.88. The van der Waals surface area contributed by atoms with Crippen molar-refractivity contribution in [2.45, 2.75) is 18.4 Å². The fourth-order valence-corrected chi connectivity index (χ4v) is 4.27. The average Bonchev–Trinajstić information content (AvgIpc) is 3.10. The molecule has 6 heteroatoms. The molecule has 0 amide bonds. The molecule has 32 heavy (non-hydrogen) atoms. The molecule has 4 aromatic rings. The van der Waals surface area contributed by atoms with Gasteiger partial charge < -0.3 is 4.57 Å². The quantitative estimate of drug-likeness (QED) is 0.376. The number of nitriles is 1. The lowest BCUT2D eigenvalue weighted by molar-refractivity contribution is 0.602. The summed E-state index contributed by atoms with van der Waals surface area (Å²) in [5.74, 6) is -0.314. The number of rotatable bonds is 5. The van der Waals surface area contributed by atoms with E-state index in [1.54, 1.807) is 30.3 Å². The highest BCUT2D eigenvalue weighted by molar-refractivity contribution is 7.90. The standard InChI is InChI=1S/C26H21FN2O2S/c1-18-3-7-20(8-4-18)21(15-28)13-22-17-29(16-19-5-9-23(27)10-6-19)26-14-24(32(2,30)31)11-12-25(22)26/h3-14,17H,16H2,1-2H3/b21-13+. The minimum Gasteiger partial charge on any atom is -0.342 e. The van der Waals surface area contributed by atoms with Crippen LogP contribution in [0.2, 0.25) is 0 Å². The zero-order valence-electron chi connectivity index (χ0n) is 17.7. The van der Waals surface area contributed by atoms with Crippen molar-refractivity contribution >= 4 is 32.4 Å². The molecule has 0 radical (unpaired) electrons. The van der Waals surface area contributed by atoms with Crippen LogP contribution >= 0.6 is 0 Å². The van der Waals surface area contributed by atoms with Gasteiger partial charge in [-0.3, -0.25) is 0 Å². The Labute approximate surface area is 186 Å². The van der Waals surface area contributed by atoms with Crippen molar-refractivity contribution in [1.82, 2.24) is 4.57 Å². The van der Waals surface area contributed by atoms with Gasteiger partial charge in [0.2, 0.25) is 0 Å². The number of hydrogen-bond donors (Lipinski definition) is 0. The Morgan fingerprint density at radius 3 is 2.38 bits per heavy atom. The van der Waals surface area contributed by atoms with Gasteiger partial charge in [0.05, 0.1) is 22.1 Å². The first-order valence-electron chi connectivity index (χ1n) is 10.0. The van der Waals surface area contributed by atoms with Crippen LogP contribution in [0.3, 0.4) is 0 Å². The first-order chi connectivity index (χ1) is 15.2. The molecule has 1 aromatic heterocycles. The van der Waals surface area contributed by atoms with E-state index in [1.807, 2.05) is 48.0 Å². The molecule has 4 nitrogen and oxygen atoms in total. The van der Waals surface area contributed by atoms with Gasteiger partial charge in [-0.25, -0.2) is 12.8 Å². The number of aromatic nitrogens is 1. The molecular weight excluding hydrogens is 423 g/mol. The second-order valence-corrected chi connectivity index (χ2v) is 9.84. The molecule has 0 bridgehead atoms. The van der Waals surface area contributed by atoms with Crippen LogP contribution in [0.1, 0.15) is 22.3 Å². The first-order valence-corrected chi connectivity index (χ1v) is 11.9. The predicted octanol–water partition coefficient (Wildman–Crippen LogP) is 5.60. The summed E-state index contributed by atoms with van der Waals surface area (Å²) in [5.41, 5.74) is 4.84. The summed E-state index contributed by atoms with van der Waals surface area (Å²) in [6, 6.07) is 21.2. The number of hydrogen-bond acceptors (Lipinski definition) is 3. The van der Waals surface area contributed by atoms with Crippen LogP contribution in [0.15, 0.2) is 77.8 Å². The molecule has 0 aliphatic carbocycles. The zero-order valence-corrected chi connectivity index (χ0v) is 18.5. The molecule has 0 spiro atoms. The van der Waals surface area contributed by atoms with E-state index in [-0.39, 0.29) is 10.7 Å². The van der Waals surface area contributed by atoms with Crippen LogP contribution in [0.25, 0.3) is 22.6 Å². The molecule has 0 N–H and O–H groups in total. The van der Waals surface area contributed by atoms with Crippen molar-refractivity contribution in [3.63, 3.8) is 0 Å². The lowest BCUT2D eigenvalue weighted by Gasteiger charge is -2.07. The molecule has 0 saturated heterocycles. The number of nitrogens with zero attached hydrogens (tertiary/aromatic N) is 2. The molecule has 4 rings (SSSR count). The van der Waals surface area contributed by atoms with E-state index in [9.17, 15) is 18.1 Å². The second-order valence-electron chi connectivity index (χ2n) is 7.83. The highest BCUT2D eigenvalue weighted by Gasteiger charge is 2.14. The molecule has 1 heterocycles. The summed E-state index contributed by atoms with van der Waals surface area (Å²) in [7, 11) is -3.39. The molecule has 3 aromatic carbocycles. The van der Waals surface area contributed by atoms with Gasteiger partial charge in [0.1, 0.15) is 5.82 Å². The van der Waals surface area contributed by atoms with Crippen molar-refractivity contribution in [3.8, 4) is 6.07 Å². The van der Waals surface area contributed by atoms with Crippen LogP contribution in [-0.4, -0.2) is 19.2 Å². The number of sulfone groups is 1. The van der Waals surface area contributed by atoms with E-state index in [0.29, 0.717) is 12.1 Å². The second kappa shape index (κ2) is 8.45. The van der Waals surface area contributed by atoms with Gasteiger partial charge in [0.15, 0.2) is 9.84 Å². The molecule has 0 atom stereocenters. The van der Waals surface area contributed by atoms with Gasteiger partial charge in [-0.1, -0.05) is 48.0 Å². The van der Waals surface area contributed by atoms with E-state index in [1.165, 1.54) is 18.4 Å². The van der Waals surface area contributed by atoms with Gasteiger partial charge in [-0.15, -0.1) is 0 Å². The Morgan fingerprint density at radius 2 is 1.75 bits per heavy atom. The predicted molar refractivity (Wildman–Crippen MR) is 125 cm³/mol. The average molecular weight is 445 g/mol. The van der Waals surface area contributed by atoms with E-state index in [4.69, 9.17) is 0 Å². The van der Waals surface area contributed by atoms with Gasteiger partial charge >= 0.3 is 0 Å². The SMILES string of the molecule is Cc1ccc(/C(C#N)=C/c2cn(Cc3ccc(F)cc3)c3cc(S(C)(=O)=O)ccc23)cc1. The minimum absolute atomic E-state index is 0.220. The highest BCUT2D eigenvalue weighted by Crippen LogP contribution is 2.29. The van der Waals surface area contributed by atoms with Gasteiger partial charge in [0, 0.05) is 29.9 Å². The monoisotopic (exact) mass is 444 g/mol. The summed E-state index contributed by atoms with van der Waals surface area (Å²) < 4.78 is 39.5. The third-order valence-corrected chi connectivity index (χ3v) is 6.47. The van der Waals surface area contributed by atoms with Crippen LogP contribution in [-0.2, 0) is 16.4 Å². The van der Waals surface area contributed by atoms with Gasteiger partial charge in [-0.05, 0) is 48.4 Å². The molecule has 0 fully saturated rings. The largest absolute Gasteiger partial charge is 0.342 e. The van der Waals surface area contributed by atoms with Crippen LogP contribution in [0.5, 0.6) is 0 Å². The van der Waals surface area contributed by atoms with Crippen molar-refractivity contribution in [3.05, 3.63) is 101 Å². The Hall–Kier alpha value is -3.69. The number of benzene rings is 3. The van der Waals surface area contributed by atoms with Crippen molar-refractivity contribution in [1.29, 1.82) is 5.26 Å². The number of fused-ring (bicyclic) bond motifs is 1. The molecule has 0 aliphatic heterocycles. The minimum atomic E-state index is -3.39. The van der Waals surface area contributed by atoms with Crippen LogP contribution in [0, 0.1) is 24.1 Å². The number of halogens is 1. The fourth-order valence-electron chi connectivity index (χ4n) is 3.63. The van der Waals surface area contributed by atoms with E-state index in [0.717, 1.165) is 33.2 Å². The van der Waals surface area contributed by atoms with E-state index >= 15 is 0 Å². The lowest BCUT2D eigenvalue weighted by Crippen LogP contribution is -2.00. The molecule has 160 valence electrons. The van der Waals surface area contributed by atoms with Crippen LogP contribution in [0.4, 0.5) is 4.39 Å². The van der Waals surface area contributed by atoms with Gasteiger partial charge in [-0.2, -0.15) is 5.26 Å². The Morgan fingerprint density at radius 1 is 1.06 bits per heavy atom. The summed E-state index contributed by atoms with van der Waals surface area (Å²) >= 11 is 0. The Kier molecular flexibility index (Phi) is 5.68. The van der Waals surface area contributed by atoms with E-state index in [2.05, 4.69) is 6.07 Å². The number of aryl methyl sites for hydroxylation is 1. The first kappa shape index (κ1) is 21.5. The zero-order chi connectivity index (χ0) is 22.9. The smallest absolute Gasteiger partial charge is 0.175 e. The summed E-state index contributed by atoms with van der Waals surface area (Å²) in [4.78, 5) is 0.220. The maximum atomic E-state index is 13.3. The topological polar surface area (TPSA) is 62.9 Å². The Balaban J connectivity index is 1.88.